The number of carbonyl (C=O) groups is 1. The maximum atomic E-state index is 12.5. The molecule has 1 aliphatic rings. The molecule has 1 aliphatic heterocycles. The van der Waals surface area contributed by atoms with Gasteiger partial charge in [-0.1, -0.05) is 65.9 Å². The van der Waals surface area contributed by atoms with Crippen LogP contribution < -0.4 is 0 Å². The number of rotatable bonds is 4. The van der Waals surface area contributed by atoms with Crippen molar-refractivity contribution < 1.29 is 4.79 Å². The van der Waals surface area contributed by atoms with Crippen molar-refractivity contribution in [3.05, 3.63) is 70.8 Å². The zero-order valence-electron chi connectivity index (χ0n) is 14.6. The summed E-state index contributed by atoms with van der Waals surface area (Å²) in [7, 11) is 0. The van der Waals surface area contributed by atoms with Crippen LogP contribution in [0, 0.1) is 13.8 Å². The summed E-state index contributed by atoms with van der Waals surface area (Å²) >= 11 is 1.46. The van der Waals surface area contributed by atoms with Gasteiger partial charge in [-0.2, -0.15) is 5.10 Å². The van der Waals surface area contributed by atoms with Crippen LogP contribution in [0.4, 0.5) is 0 Å². The Morgan fingerprint density at radius 1 is 1.12 bits per heavy atom. The van der Waals surface area contributed by atoms with Crippen LogP contribution in [-0.2, 0) is 11.3 Å². The van der Waals surface area contributed by atoms with E-state index in [2.05, 4.69) is 23.2 Å². The molecule has 1 saturated heterocycles. The minimum Gasteiger partial charge on any atom is -0.284 e. The third-order valence-electron chi connectivity index (χ3n) is 4.14. The average molecular weight is 351 g/mol. The van der Waals surface area contributed by atoms with E-state index in [1.807, 2.05) is 56.3 Å². The lowest BCUT2D eigenvalue weighted by Gasteiger charge is -2.16. The second-order valence-corrected chi connectivity index (χ2v) is 7.46. The number of amidine groups is 1. The highest BCUT2D eigenvalue weighted by atomic mass is 32.2. The van der Waals surface area contributed by atoms with Crippen molar-refractivity contribution in [3.8, 4) is 0 Å². The van der Waals surface area contributed by atoms with E-state index >= 15 is 0 Å². The molecule has 1 fully saturated rings. The first kappa shape index (κ1) is 17.4. The van der Waals surface area contributed by atoms with E-state index in [0.717, 1.165) is 11.1 Å². The average Bonchev–Trinajstić information content (AvgIpc) is 2.86. The Labute approximate surface area is 152 Å². The Hall–Kier alpha value is -2.40. The second-order valence-electron chi connectivity index (χ2n) is 6.15. The van der Waals surface area contributed by atoms with Crippen LogP contribution in [0.3, 0.4) is 0 Å². The maximum Gasteiger partial charge on any atom is 0.242 e. The molecule has 0 radical (unpaired) electrons. The van der Waals surface area contributed by atoms with Gasteiger partial charge in [-0.15, -0.1) is 5.10 Å². The van der Waals surface area contributed by atoms with Gasteiger partial charge in [0.1, 0.15) is 0 Å². The van der Waals surface area contributed by atoms with Gasteiger partial charge in [0.05, 0.1) is 18.0 Å². The molecule has 3 rings (SSSR count). The SMILES string of the molecule is Cc1ccc(/C=N\N=C2/S[C@H](C)C(=O)N2Cc2ccccc2C)cc1. The zero-order chi connectivity index (χ0) is 17.8. The van der Waals surface area contributed by atoms with Crippen molar-refractivity contribution in [2.24, 2.45) is 10.2 Å². The molecule has 0 aromatic heterocycles. The minimum atomic E-state index is -0.127. The Morgan fingerprint density at radius 2 is 1.84 bits per heavy atom. The molecule has 2 aromatic rings. The molecule has 25 heavy (non-hydrogen) atoms. The molecule has 1 amide bonds. The molecule has 4 nitrogen and oxygen atoms in total. The minimum absolute atomic E-state index is 0.0811. The fourth-order valence-electron chi connectivity index (χ4n) is 2.56. The molecule has 128 valence electrons. The quantitative estimate of drug-likeness (QED) is 0.613. The molecule has 1 heterocycles. The van der Waals surface area contributed by atoms with Crippen LogP contribution in [0.5, 0.6) is 0 Å². The first-order valence-corrected chi connectivity index (χ1v) is 9.13. The summed E-state index contributed by atoms with van der Waals surface area (Å²) in [5, 5.41) is 9.02. The molecule has 0 N–H and O–H groups in total. The van der Waals surface area contributed by atoms with Crippen molar-refractivity contribution in [2.45, 2.75) is 32.6 Å². The van der Waals surface area contributed by atoms with Crippen LogP contribution in [0.2, 0.25) is 0 Å². The lowest BCUT2D eigenvalue weighted by molar-refractivity contribution is -0.126. The van der Waals surface area contributed by atoms with Gasteiger partial charge in [0, 0.05) is 0 Å². The molecule has 0 unspecified atom stereocenters. The van der Waals surface area contributed by atoms with Gasteiger partial charge in [-0.3, -0.25) is 9.69 Å². The van der Waals surface area contributed by atoms with Gasteiger partial charge in [-0.25, -0.2) is 0 Å². The monoisotopic (exact) mass is 351 g/mol. The summed E-state index contributed by atoms with van der Waals surface area (Å²) in [6, 6.07) is 16.2. The predicted octanol–water partition coefficient (Wildman–Crippen LogP) is 4.16. The maximum absolute atomic E-state index is 12.5. The third-order valence-corrected chi connectivity index (χ3v) is 5.21. The number of hydrogen-bond donors (Lipinski definition) is 0. The lowest BCUT2D eigenvalue weighted by Crippen LogP contribution is -2.31. The Bertz CT molecular complexity index is 827. The third kappa shape index (κ3) is 4.17. The van der Waals surface area contributed by atoms with Crippen molar-refractivity contribution in [1.29, 1.82) is 0 Å². The van der Waals surface area contributed by atoms with Crippen LogP contribution in [0.1, 0.15) is 29.2 Å². The molecule has 0 spiro atoms. The van der Waals surface area contributed by atoms with E-state index < -0.39 is 0 Å². The molecule has 2 aromatic carbocycles. The van der Waals surface area contributed by atoms with Crippen molar-refractivity contribution in [1.82, 2.24) is 4.90 Å². The molecule has 0 aliphatic carbocycles. The Balaban J connectivity index is 1.79. The standard InChI is InChI=1S/C20H21N3OS/c1-14-8-10-17(11-9-14)12-21-22-20-23(19(24)16(3)25-20)13-18-7-5-4-6-15(18)2/h4-12,16H,13H2,1-3H3/b21-12-,22-20-/t16-/m1/s1. The fraction of sp³-hybridized carbons (Fsp3) is 0.250. The molecular formula is C20H21N3OS. The van der Waals surface area contributed by atoms with Gasteiger partial charge in [-0.05, 0) is 37.5 Å². The fourth-order valence-corrected chi connectivity index (χ4v) is 3.48. The van der Waals surface area contributed by atoms with Gasteiger partial charge in [0.15, 0.2) is 5.17 Å². The van der Waals surface area contributed by atoms with E-state index in [0.29, 0.717) is 11.7 Å². The number of hydrogen-bond acceptors (Lipinski definition) is 4. The highest BCUT2D eigenvalue weighted by Crippen LogP contribution is 2.29. The molecule has 1 atom stereocenters. The predicted molar refractivity (Wildman–Crippen MR) is 105 cm³/mol. The van der Waals surface area contributed by atoms with Crippen LogP contribution in [0.25, 0.3) is 0 Å². The van der Waals surface area contributed by atoms with E-state index in [1.54, 1.807) is 11.1 Å². The number of aryl methyl sites for hydroxylation is 2. The van der Waals surface area contributed by atoms with Crippen molar-refractivity contribution >= 4 is 29.1 Å². The van der Waals surface area contributed by atoms with Crippen molar-refractivity contribution in [3.63, 3.8) is 0 Å². The zero-order valence-corrected chi connectivity index (χ0v) is 15.5. The largest absolute Gasteiger partial charge is 0.284 e. The van der Waals surface area contributed by atoms with E-state index in [4.69, 9.17) is 0 Å². The smallest absolute Gasteiger partial charge is 0.242 e. The van der Waals surface area contributed by atoms with Crippen LogP contribution in [0.15, 0.2) is 58.7 Å². The highest BCUT2D eigenvalue weighted by Gasteiger charge is 2.35. The highest BCUT2D eigenvalue weighted by molar-refractivity contribution is 8.15. The normalized spacial score (nSPS) is 19.3. The van der Waals surface area contributed by atoms with E-state index in [9.17, 15) is 4.79 Å². The Kier molecular flexibility index (Phi) is 5.34. The van der Waals surface area contributed by atoms with Gasteiger partial charge in [0.2, 0.25) is 5.91 Å². The summed E-state index contributed by atoms with van der Waals surface area (Å²) in [5.74, 6) is 0.0811. The first-order chi connectivity index (χ1) is 12.0. The number of carbonyl (C=O) groups excluding carboxylic acids is 1. The summed E-state index contributed by atoms with van der Waals surface area (Å²) < 4.78 is 0. The lowest BCUT2D eigenvalue weighted by atomic mass is 10.1. The van der Waals surface area contributed by atoms with Crippen LogP contribution in [-0.4, -0.2) is 27.4 Å². The first-order valence-electron chi connectivity index (χ1n) is 8.25. The molecule has 5 heteroatoms. The number of thioether (sulfide) groups is 1. The second kappa shape index (κ2) is 7.66. The summed E-state index contributed by atoms with van der Waals surface area (Å²) in [6.07, 6.45) is 1.71. The number of benzene rings is 2. The van der Waals surface area contributed by atoms with Crippen LogP contribution >= 0.6 is 11.8 Å². The van der Waals surface area contributed by atoms with Gasteiger partial charge in [0.25, 0.3) is 0 Å². The summed E-state index contributed by atoms with van der Waals surface area (Å²) in [6.45, 7) is 6.54. The molecular weight excluding hydrogens is 330 g/mol. The summed E-state index contributed by atoms with van der Waals surface area (Å²) in [5.41, 5.74) is 4.49. The number of amides is 1. The summed E-state index contributed by atoms with van der Waals surface area (Å²) in [4.78, 5) is 14.2. The Morgan fingerprint density at radius 3 is 2.56 bits per heavy atom. The topological polar surface area (TPSA) is 45.0 Å². The van der Waals surface area contributed by atoms with Gasteiger partial charge >= 0.3 is 0 Å². The van der Waals surface area contributed by atoms with E-state index in [-0.39, 0.29) is 11.2 Å². The number of nitrogens with zero attached hydrogens (tertiary/aromatic N) is 3. The van der Waals surface area contributed by atoms with Crippen molar-refractivity contribution in [2.75, 3.05) is 0 Å². The van der Waals surface area contributed by atoms with E-state index in [1.165, 1.54) is 22.9 Å². The van der Waals surface area contributed by atoms with Gasteiger partial charge < -0.3 is 0 Å². The molecule has 0 bridgehead atoms. The molecule has 0 saturated carbocycles.